The van der Waals surface area contributed by atoms with Crippen LogP contribution >= 0.6 is 0 Å². The van der Waals surface area contributed by atoms with Gasteiger partial charge in [-0.3, -0.25) is 4.90 Å². The second kappa shape index (κ2) is 6.99. The van der Waals surface area contributed by atoms with Crippen molar-refractivity contribution in [2.45, 2.75) is 32.2 Å². The summed E-state index contributed by atoms with van der Waals surface area (Å²) in [5.41, 5.74) is 1.25. The van der Waals surface area contributed by atoms with Gasteiger partial charge in [0, 0.05) is 32.3 Å². The number of hydrogen-bond donors (Lipinski definition) is 2. The summed E-state index contributed by atoms with van der Waals surface area (Å²) in [4.78, 5) is 2.33. The zero-order chi connectivity index (χ0) is 11.1. The van der Waals surface area contributed by atoms with Gasteiger partial charge in [0.25, 0.3) is 0 Å². The van der Waals surface area contributed by atoms with E-state index in [1.54, 1.807) is 0 Å². The van der Waals surface area contributed by atoms with E-state index in [1.165, 1.54) is 18.4 Å². The Morgan fingerprint density at radius 3 is 2.80 bits per heavy atom. The Labute approximate surface area is 93.2 Å². The predicted octanol–water partition coefficient (Wildman–Crippen LogP) is 0.999. The number of likely N-dealkylation sites (N-methyl/N-ethyl adjacent to an activating group) is 1. The van der Waals surface area contributed by atoms with Crippen LogP contribution < -0.4 is 5.32 Å². The first kappa shape index (κ1) is 12.7. The highest BCUT2D eigenvalue weighted by Gasteiger charge is 2.20. The number of hydrogen-bond acceptors (Lipinski definition) is 3. The van der Waals surface area contributed by atoms with Gasteiger partial charge in [0.05, 0.1) is 0 Å². The Morgan fingerprint density at radius 2 is 2.27 bits per heavy atom. The van der Waals surface area contributed by atoms with Crippen LogP contribution in [0.4, 0.5) is 0 Å². The van der Waals surface area contributed by atoms with Crippen molar-refractivity contribution < 1.29 is 5.11 Å². The van der Waals surface area contributed by atoms with E-state index in [4.69, 9.17) is 5.11 Å². The molecule has 0 spiro atoms. The molecular weight excluding hydrogens is 188 g/mol. The molecule has 3 nitrogen and oxygen atoms in total. The maximum atomic E-state index is 8.77. The monoisotopic (exact) mass is 212 g/mol. The van der Waals surface area contributed by atoms with Gasteiger partial charge in [0.1, 0.15) is 0 Å². The minimum absolute atomic E-state index is 0.281. The molecule has 0 radical (unpaired) electrons. The quantitative estimate of drug-likeness (QED) is 0.560. The van der Waals surface area contributed by atoms with Crippen molar-refractivity contribution in [1.29, 1.82) is 0 Å². The molecule has 1 fully saturated rings. The molecule has 3 heteroatoms. The lowest BCUT2D eigenvalue weighted by Crippen LogP contribution is -2.30. The highest BCUT2D eigenvalue weighted by Crippen LogP contribution is 2.18. The van der Waals surface area contributed by atoms with E-state index in [1.807, 2.05) is 0 Å². The van der Waals surface area contributed by atoms with Gasteiger partial charge in [0.2, 0.25) is 0 Å². The molecule has 0 unspecified atom stereocenters. The molecule has 1 aliphatic rings. The Bertz CT molecular complexity index is 190. The fourth-order valence-corrected chi connectivity index (χ4v) is 1.59. The lowest BCUT2D eigenvalue weighted by molar-refractivity contribution is 0.239. The molecule has 2 N–H and O–H groups in total. The summed E-state index contributed by atoms with van der Waals surface area (Å²) in [7, 11) is 0. The molecule has 0 amide bonds. The lowest BCUT2D eigenvalue weighted by Gasteiger charge is -2.21. The van der Waals surface area contributed by atoms with E-state index in [2.05, 4.69) is 23.7 Å². The maximum Gasteiger partial charge on any atom is 0.0443 e. The van der Waals surface area contributed by atoms with Gasteiger partial charge in [0.15, 0.2) is 0 Å². The van der Waals surface area contributed by atoms with Crippen molar-refractivity contribution in [3.8, 4) is 0 Å². The molecule has 0 aromatic rings. The second-order valence-electron chi connectivity index (χ2n) is 4.35. The van der Waals surface area contributed by atoms with Gasteiger partial charge in [-0.1, -0.05) is 13.5 Å². The SMILES string of the molecule is C=C(CNC1CC1)CN(CC)CCCO. The molecule has 88 valence electrons. The number of rotatable bonds is 9. The van der Waals surface area contributed by atoms with Crippen molar-refractivity contribution >= 4 is 0 Å². The zero-order valence-corrected chi connectivity index (χ0v) is 9.84. The van der Waals surface area contributed by atoms with Gasteiger partial charge < -0.3 is 10.4 Å². The first-order chi connectivity index (χ1) is 7.26. The molecule has 0 aromatic heterocycles. The van der Waals surface area contributed by atoms with E-state index in [0.717, 1.165) is 38.6 Å². The highest BCUT2D eigenvalue weighted by atomic mass is 16.3. The molecule has 0 aliphatic heterocycles. The van der Waals surface area contributed by atoms with E-state index in [9.17, 15) is 0 Å². The third-order valence-electron chi connectivity index (χ3n) is 2.74. The standard InChI is InChI=1S/C12H24N2O/c1-3-14(7-4-8-15)10-11(2)9-13-12-5-6-12/h12-13,15H,2-10H2,1H3. The molecule has 0 atom stereocenters. The van der Waals surface area contributed by atoms with Crippen LogP contribution in [0.5, 0.6) is 0 Å². The largest absolute Gasteiger partial charge is 0.396 e. The summed E-state index contributed by atoms with van der Waals surface area (Å²) < 4.78 is 0. The van der Waals surface area contributed by atoms with E-state index in [-0.39, 0.29) is 6.61 Å². The molecule has 1 aliphatic carbocycles. The minimum atomic E-state index is 0.281. The van der Waals surface area contributed by atoms with Crippen LogP contribution in [-0.4, -0.2) is 48.8 Å². The molecule has 15 heavy (non-hydrogen) atoms. The minimum Gasteiger partial charge on any atom is -0.396 e. The number of nitrogens with zero attached hydrogens (tertiary/aromatic N) is 1. The molecule has 0 saturated heterocycles. The van der Waals surface area contributed by atoms with Crippen molar-refractivity contribution in [3.05, 3.63) is 12.2 Å². The average Bonchev–Trinajstić information content (AvgIpc) is 3.05. The Kier molecular flexibility index (Phi) is 5.91. The van der Waals surface area contributed by atoms with Gasteiger partial charge in [-0.05, 0) is 31.4 Å². The van der Waals surface area contributed by atoms with Crippen molar-refractivity contribution in [3.63, 3.8) is 0 Å². The molecular formula is C12H24N2O. The predicted molar refractivity (Wildman–Crippen MR) is 64.0 cm³/mol. The first-order valence-corrected chi connectivity index (χ1v) is 5.99. The summed E-state index contributed by atoms with van der Waals surface area (Å²) in [6.45, 7) is 10.4. The topological polar surface area (TPSA) is 35.5 Å². The van der Waals surface area contributed by atoms with E-state index in [0.29, 0.717) is 0 Å². The smallest absolute Gasteiger partial charge is 0.0443 e. The third-order valence-corrected chi connectivity index (χ3v) is 2.74. The first-order valence-electron chi connectivity index (χ1n) is 5.99. The maximum absolute atomic E-state index is 8.77. The van der Waals surface area contributed by atoms with Gasteiger partial charge in [-0.25, -0.2) is 0 Å². The van der Waals surface area contributed by atoms with Crippen LogP contribution in [0.15, 0.2) is 12.2 Å². The van der Waals surface area contributed by atoms with Crippen LogP contribution in [0.3, 0.4) is 0 Å². The Morgan fingerprint density at radius 1 is 1.53 bits per heavy atom. The Hall–Kier alpha value is -0.380. The van der Waals surface area contributed by atoms with Crippen molar-refractivity contribution in [1.82, 2.24) is 10.2 Å². The Balaban J connectivity index is 2.08. The molecule has 1 saturated carbocycles. The zero-order valence-electron chi connectivity index (χ0n) is 9.84. The molecule has 0 bridgehead atoms. The second-order valence-corrected chi connectivity index (χ2v) is 4.35. The van der Waals surface area contributed by atoms with Gasteiger partial charge in [-0.2, -0.15) is 0 Å². The lowest BCUT2D eigenvalue weighted by atomic mass is 10.2. The summed E-state index contributed by atoms with van der Waals surface area (Å²) in [6, 6.07) is 0.759. The third kappa shape index (κ3) is 5.92. The van der Waals surface area contributed by atoms with Crippen LogP contribution in [0.2, 0.25) is 0 Å². The van der Waals surface area contributed by atoms with Crippen molar-refractivity contribution in [2.24, 2.45) is 0 Å². The fraction of sp³-hybridized carbons (Fsp3) is 0.833. The normalized spacial score (nSPS) is 15.9. The molecule has 0 heterocycles. The fourth-order valence-electron chi connectivity index (χ4n) is 1.59. The van der Waals surface area contributed by atoms with Gasteiger partial charge in [-0.15, -0.1) is 0 Å². The van der Waals surface area contributed by atoms with Crippen LogP contribution in [0.1, 0.15) is 26.2 Å². The molecule has 0 aromatic carbocycles. The van der Waals surface area contributed by atoms with Gasteiger partial charge >= 0.3 is 0 Å². The van der Waals surface area contributed by atoms with Crippen molar-refractivity contribution in [2.75, 3.05) is 32.8 Å². The van der Waals surface area contributed by atoms with Crippen LogP contribution in [0.25, 0.3) is 0 Å². The molecule has 1 rings (SSSR count). The summed E-state index contributed by atoms with van der Waals surface area (Å²) in [6.07, 6.45) is 3.52. The number of nitrogens with one attached hydrogen (secondary N) is 1. The van der Waals surface area contributed by atoms with Crippen LogP contribution in [0, 0.1) is 0 Å². The van der Waals surface area contributed by atoms with E-state index >= 15 is 0 Å². The summed E-state index contributed by atoms with van der Waals surface area (Å²) in [5, 5.41) is 12.2. The number of aliphatic hydroxyl groups is 1. The van der Waals surface area contributed by atoms with Crippen LogP contribution in [-0.2, 0) is 0 Å². The summed E-state index contributed by atoms with van der Waals surface area (Å²) in [5.74, 6) is 0. The summed E-state index contributed by atoms with van der Waals surface area (Å²) >= 11 is 0. The highest BCUT2D eigenvalue weighted by molar-refractivity contribution is 5.01. The average molecular weight is 212 g/mol. The van der Waals surface area contributed by atoms with E-state index < -0.39 is 0 Å². The number of aliphatic hydroxyl groups excluding tert-OH is 1.